The van der Waals surface area contributed by atoms with Crippen molar-refractivity contribution in [1.29, 1.82) is 0 Å². The molecule has 0 spiro atoms. The van der Waals surface area contributed by atoms with Crippen molar-refractivity contribution in [3.8, 4) is 33.4 Å². The molecule has 0 unspecified atom stereocenters. The van der Waals surface area contributed by atoms with Gasteiger partial charge in [0.2, 0.25) is 0 Å². The molecule has 0 aromatic heterocycles. The van der Waals surface area contributed by atoms with Crippen LogP contribution in [0.2, 0.25) is 0 Å². The standard InChI is InChI=1S/C59H44N2/c1-59(2)54-26-13-14-27-56(54)61(58-51-24-12-10-21-46(51)32-38-53(58)52-25-15-22-45-20-9-11-23-50(45)52)57-40-49(37-39-55(57)59)60(47-33-28-43(29-34-47)41-16-5-3-6-17-41)48-35-30-44(31-36-48)42-18-7-4-8-19-42/h3-40H,1-2H3. The van der Waals surface area contributed by atoms with Gasteiger partial charge in [0.15, 0.2) is 0 Å². The average molecular weight is 781 g/mol. The fourth-order valence-corrected chi connectivity index (χ4v) is 9.57. The van der Waals surface area contributed by atoms with Gasteiger partial charge in [0, 0.05) is 33.4 Å². The van der Waals surface area contributed by atoms with E-state index in [9.17, 15) is 0 Å². The lowest BCUT2D eigenvalue weighted by molar-refractivity contribution is 0.632. The van der Waals surface area contributed by atoms with Crippen molar-refractivity contribution >= 4 is 55.7 Å². The molecule has 2 heteroatoms. The summed E-state index contributed by atoms with van der Waals surface area (Å²) in [6, 6.07) is 84.3. The predicted molar refractivity (Wildman–Crippen MR) is 259 cm³/mol. The predicted octanol–water partition coefficient (Wildman–Crippen LogP) is 16.6. The third-order valence-corrected chi connectivity index (χ3v) is 12.6. The molecule has 1 aliphatic heterocycles. The highest BCUT2D eigenvalue weighted by Crippen LogP contribution is 2.56. The van der Waals surface area contributed by atoms with Crippen molar-refractivity contribution in [3.63, 3.8) is 0 Å². The van der Waals surface area contributed by atoms with E-state index in [1.54, 1.807) is 0 Å². The molecule has 0 saturated heterocycles. The lowest BCUT2D eigenvalue weighted by atomic mass is 9.73. The summed E-state index contributed by atoms with van der Waals surface area (Å²) in [6.45, 7) is 4.75. The van der Waals surface area contributed by atoms with E-state index in [1.165, 1.54) is 83.1 Å². The van der Waals surface area contributed by atoms with Crippen molar-refractivity contribution < 1.29 is 0 Å². The Morgan fingerprint density at radius 1 is 0.344 bits per heavy atom. The maximum atomic E-state index is 2.56. The fourth-order valence-electron chi connectivity index (χ4n) is 9.57. The molecule has 0 N–H and O–H groups in total. The Kier molecular flexibility index (Phi) is 8.86. The summed E-state index contributed by atoms with van der Waals surface area (Å²) in [5, 5.41) is 4.89. The normalized spacial score (nSPS) is 12.9. The third kappa shape index (κ3) is 6.27. The second-order valence-corrected chi connectivity index (χ2v) is 16.5. The molecule has 0 fully saturated rings. The molecule has 0 amide bonds. The number of hydrogen-bond donors (Lipinski definition) is 0. The minimum absolute atomic E-state index is 0.259. The SMILES string of the molecule is CC1(C)c2ccccc2N(c2c(-c3cccc4ccccc34)ccc3ccccc23)c2cc(N(c3ccc(-c4ccccc4)cc3)c3ccc(-c4ccccc4)cc3)ccc21. The highest BCUT2D eigenvalue weighted by Gasteiger charge is 2.38. The van der Waals surface area contributed by atoms with Crippen LogP contribution in [0.15, 0.2) is 231 Å². The maximum absolute atomic E-state index is 2.56. The monoisotopic (exact) mass is 780 g/mol. The molecule has 290 valence electrons. The minimum Gasteiger partial charge on any atom is -0.310 e. The van der Waals surface area contributed by atoms with Crippen LogP contribution in [0.4, 0.5) is 34.1 Å². The number of rotatable bonds is 7. The molecule has 1 heterocycles. The van der Waals surface area contributed by atoms with Crippen LogP contribution >= 0.6 is 0 Å². The highest BCUT2D eigenvalue weighted by molar-refractivity contribution is 6.11. The van der Waals surface area contributed by atoms with E-state index >= 15 is 0 Å². The van der Waals surface area contributed by atoms with Crippen LogP contribution in [0.5, 0.6) is 0 Å². The number of hydrogen-bond acceptors (Lipinski definition) is 2. The van der Waals surface area contributed by atoms with Gasteiger partial charge in [-0.3, -0.25) is 0 Å². The lowest BCUT2D eigenvalue weighted by Gasteiger charge is -2.43. The van der Waals surface area contributed by atoms with Gasteiger partial charge >= 0.3 is 0 Å². The number of benzene rings is 10. The quantitative estimate of drug-likeness (QED) is 0.159. The fraction of sp³-hybridized carbons (Fsp3) is 0.0508. The molecular weight excluding hydrogens is 737 g/mol. The van der Waals surface area contributed by atoms with Gasteiger partial charge < -0.3 is 9.80 Å². The summed E-state index contributed by atoms with van der Waals surface area (Å²) in [6.07, 6.45) is 0. The van der Waals surface area contributed by atoms with Crippen molar-refractivity contribution in [2.75, 3.05) is 9.80 Å². The zero-order valence-corrected chi connectivity index (χ0v) is 34.3. The number of para-hydroxylation sites is 1. The largest absolute Gasteiger partial charge is 0.310 e. The Hall–Kier alpha value is -7.68. The lowest BCUT2D eigenvalue weighted by Crippen LogP contribution is -2.31. The number of anilines is 6. The van der Waals surface area contributed by atoms with Crippen LogP contribution in [-0.2, 0) is 5.41 Å². The summed E-state index contributed by atoms with van der Waals surface area (Å²) in [5.41, 5.74) is 16.4. The molecule has 61 heavy (non-hydrogen) atoms. The van der Waals surface area contributed by atoms with Gasteiger partial charge in [0.05, 0.1) is 17.1 Å². The summed E-state index contributed by atoms with van der Waals surface area (Å²) < 4.78 is 0. The Balaban J connectivity index is 1.15. The molecule has 0 bridgehead atoms. The molecule has 0 aliphatic carbocycles. The second-order valence-electron chi connectivity index (χ2n) is 16.5. The van der Waals surface area contributed by atoms with E-state index in [0.717, 1.165) is 17.1 Å². The second kappa shape index (κ2) is 14.9. The number of nitrogens with zero attached hydrogens (tertiary/aromatic N) is 2. The first-order valence-corrected chi connectivity index (χ1v) is 21.2. The maximum Gasteiger partial charge on any atom is 0.0618 e. The molecule has 10 aromatic carbocycles. The molecule has 0 saturated carbocycles. The molecule has 1 aliphatic rings. The highest BCUT2D eigenvalue weighted by atomic mass is 15.2. The molecular formula is C59H44N2. The van der Waals surface area contributed by atoms with E-state index in [2.05, 4.69) is 254 Å². The van der Waals surface area contributed by atoms with Crippen LogP contribution in [0.1, 0.15) is 25.0 Å². The van der Waals surface area contributed by atoms with E-state index < -0.39 is 0 Å². The summed E-state index contributed by atoms with van der Waals surface area (Å²) in [5.74, 6) is 0. The molecule has 10 aromatic rings. The van der Waals surface area contributed by atoms with Gasteiger partial charge in [0.1, 0.15) is 0 Å². The van der Waals surface area contributed by atoms with Gasteiger partial charge in [-0.1, -0.05) is 202 Å². The minimum atomic E-state index is -0.259. The first-order chi connectivity index (χ1) is 30.0. The Morgan fingerprint density at radius 2 is 0.836 bits per heavy atom. The van der Waals surface area contributed by atoms with Gasteiger partial charge in [0.25, 0.3) is 0 Å². The van der Waals surface area contributed by atoms with E-state index in [4.69, 9.17) is 0 Å². The van der Waals surface area contributed by atoms with Crippen LogP contribution < -0.4 is 9.80 Å². The summed E-state index contributed by atoms with van der Waals surface area (Å²) in [4.78, 5) is 4.97. The van der Waals surface area contributed by atoms with Crippen molar-refractivity contribution in [2.24, 2.45) is 0 Å². The first-order valence-electron chi connectivity index (χ1n) is 21.2. The summed E-state index contributed by atoms with van der Waals surface area (Å²) in [7, 11) is 0. The Bertz CT molecular complexity index is 3110. The smallest absolute Gasteiger partial charge is 0.0618 e. The average Bonchev–Trinajstić information content (AvgIpc) is 3.32. The zero-order valence-electron chi connectivity index (χ0n) is 34.3. The Morgan fingerprint density at radius 3 is 1.49 bits per heavy atom. The van der Waals surface area contributed by atoms with E-state index in [-0.39, 0.29) is 5.41 Å². The van der Waals surface area contributed by atoms with Crippen molar-refractivity contribution in [1.82, 2.24) is 0 Å². The van der Waals surface area contributed by atoms with E-state index in [0.29, 0.717) is 0 Å². The topological polar surface area (TPSA) is 6.48 Å². The summed E-state index contributed by atoms with van der Waals surface area (Å²) >= 11 is 0. The van der Waals surface area contributed by atoms with Crippen LogP contribution in [0.25, 0.3) is 54.9 Å². The van der Waals surface area contributed by atoms with Gasteiger partial charge in [-0.2, -0.15) is 0 Å². The number of fused-ring (bicyclic) bond motifs is 4. The van der Waals surface area contributed by atoms with Gasteiger partial charge in [-0.05, 0) is 97.6 Å². The van der Waals surface area contributed by atoms with Crippen LogP contribution in [0, 0.1) is 0 Å². The third-order valence-electron chi connectivity index (χ3n) is 12.6. The molecule has 0 radical (unpaired) electrons. The Labute approximate surface area is 358 Å². The van der Waals surface area contributed by atoms with Crippen molar-refractivity contribution in [2.45, 2.75) is 19.3 Å². The molecule has 11 rings (SSSR count). The molecule has 2 nitrogen and oxygen atoms in total. The van der Waals surface area contributed by atoms with Gasteiger partial charge in [-0.15, -0.1) is 0 Å². The van der Waals surface area contributed by atoms with E-state index in [1.807, 2.05) is 0 Å². The van der Waals surface area contributed by atoms with Crippen LogP contribution in [0.3, 0.4) is 0 Å². The zero-order chi connectivity index (χ0) is 40.9. The molecule has 0 atom stereocenters. The van der Waals surface area contributed by atoms with Crippen molar-refractivity contribution in [3.05, 3.63) is 242 Å². The first kappa shape index (κ1) is 36.4. The van der Waals surface area contributed by atoms with Gasteiger partial charge in [-0.25, -0.2) is 0 Å². The van der Waals surface area contributed by atoms with Crippen LogP contribution in [-0.4, -0.2) is 0 Å².